The van der Waals surface area contributed by atoms with Gasteiger partial charge in [0, 0.05) is 32.2 Å². The monoisotopic (exact) mass is 387 g/mol. The van der Waals surface area contributed by atoms with Crippen molar-refractivity contribution in [3.8, 4) is 0 Å². The molecule has 1 aromatic carbocycles. The minimum absolute atomic E-state index is 0.311. The van der Waals surface area contributed by atoms with E-state index < -0.39 is 5.60 Å². The van der Waals surface area contributed by atoms with Crippen LogP contribution in [0.3, 0.4) is 0 Å². The molecule has 1 aromatic rings. The van der Waals surface area contributed by atoms with Crippen LogP contribution < -0.4 is 10.6 Å². The van der Waals surface area contributed by atoms with Gasteiger partial charge in [0.25, 0.3) is 0 Å². The molecule has 1 saturated heterocycles. The van der Waals surface area contributed by atoms with E-state index in [1.807, 2.05) is 25.7 Å². The molecule has 1 heterocycles. The maximum absolute atomic E-state index is 13.8. The summed E-state index contributed by atoms with van der Waals surface area (Å²) in [6, 6.07) is 3.00. The van der Waals surface area contributed by atoms with Crippen LogP contribution in [-0.2, 0) is 4.74 Å². The Bertz CT molecular complexity index is 589. The van der Waals surface area contributed by atoms with Crippen molar-refractivity contribution in [1.29, 1.82) is 0 Å². The predicted molar refractivity (Wildman–Crippen MR) is 93.1 cm³/mol. The summed E-state index contributed by atoms with van der Waals surface area (Å²) < 4.78 is 19.6. The van der Waals surface area contributed by atoms with E-state index in [1.165, 1.54) is 6.07 Å². The third-order valence-electron chi connectivity index (χ3n) is 3.56. The Hall–Kier alpha value is -1.50. The number of hydrogen-bond acceptors (Lipinski definition) is 4. The molecule has 0 saturated carbocycles. The van der Waals surface area contributed by atoms with Crippen molar-refractivity contribution < 1.29 is 13.9 Å². The smallest absolute Gasteiger partial charge is 0.410 e. The molecule has 0 bridgehead atoms. The van der Waals surface area contributed by atoms with Gasteiger partial charge in [0.1, 0.15) is 11.4 Å². The van der Waals surface area contributed by atoms with Gasteiger partial charge in [-0.15, -0.1) is 0 Å². The second-order valence-electron chi connectivity index (χ2n) is 6.63. The van der Waals surface area contributed by atoms with Crippen molar-refractivity contribution in [1.82, 2.24) is 4.90 Å². The highest BCUT2D eigenvalue weighted by molar-refractivity contribution is 9.10. The van der Waals surface area contributed by atoms with Gasteiger partial charge in [-0.2, -0.15) is 0 Å². The molecular formula is C16H23BrFN3O2. The lowest BCUT2D eigenvalue weighted by atomic mass is 10.2. The van der Waals surface area contributed by atoms with Crippen LogP contribution in [0.4, 0.5) is 20.6 Å². The van der Waals surface area contributed by atoms with Gasteiger partial charge in [-0.25, -0.2) is 9.18 Å². The molecule has 5 nitrogen and oxygen atoms in total. The van der Waals surface area contributed by atoms with E-state index in [0.29, 0.717) is 42.0 Å². The van der Waals surface area contributed by atoms with Crippen LogP contribution >= 0.6 is 15.9 Å². The first-order chi connectivity index (χ1) is 10.7. The number of nitrogen functional groups attached to an aromatic ring is 1. The molecule has 0 aromatic heterocycles. The third kappa shape index (κ3) is 4.73. The number of ether oxygens (including phenoxy) is 1. The van der Waals surface area contributed by atoms with Crippen LogP contribution in [0.2, 0.25) is 0 Å². The van der Waals surface area contributed by atoms with Crippen molar-refractivity contribution in [3.63, 3.8) is 0 Å². The molecule has 0 aliphatic carbocycles. The number of nitrogens with zero attached hydrogens (tertiary/aromatic N) is 2. The second-order valence-corrected chi connectivity index (χ2v) is 7.49. The molecule has 0 unspecified atom stereocenters. The summed E-state index contributed by atoms with van der Waals surface area (Å²) in [5.41, 5.74) is 6.68. The Balaban J connectivity index is 2.07. The van der Waals surface area contributed by atoms with E-state index in [4.69, 9.17) is 10.5 Å². The fourth-order valence-corrected chi connectivity index (χ4v) is 2.85. The molecule has 7 heteroatoms. The lowest BCUT2D eigenvalue weighted by molar-refractivity contribution is 0.0263. The number of carbonyl (C=O) groups is 1. The van der Waals surface area contributed by atoms with Crippen LogP contribution in [0.1, 0.15) is 27.2 Å². The van der Waals surface area contributed by atoms with Crippen molar-refractivity contribution in [2.45, 2.75) is 32.8 Å². The minimum atomic E-state index is -0.512. The Morgan fingerprint density at radius 1 is 1.26 bits per heavy atom. The predicted octanol–water partition coefficient (Wildman–Crippen LogP) is 3.62. The Morgan fingerprint density at radius 3 is 2.61 bits per heavy atom. The fourth-order valence-electron chi connectivity index (χ4n) is 2.49. The number of amides is 1. The molecule has 1 aliphatic heterocycles. The summed E-state index contributed by atoms with van der Waals surface area (Å²) in [6.45, 7) is 7.98. The second kappa shape index (κ2) is 6.95. The van der Waals surface area contributed by atoms with Crippen LogP contribution in [0.5, 0.6) is 0 Å². The SMILES string of the molecule is CC(C)(C)OC(=O)N1CCCN(c2cc(F)c(Br)cc2N)CC1. The molecule has 2 rings (SSSR count). The largest absolute Gasteiger partial charge is 0.444 e. The minimum Gasteiger partial charge on any atom is -0.444 e. The quantitative estimate of drug-likeness (QED) is 0.747. The van der Waals surface area contributed by atoms with Crippen molar-refractivity contribution in [2.24, 2.45) is 0 Å². The molecule has 1 amide bonds. The lowest BCUT2D eigenvalue weighted by Crippen LogP contribution is -2.39. The highest BCUT2D eigenvalue weighted by Crippen LogP contribution is 2.30. The van der Waals surface area contributed by atoms with E-state index >= 15 is 0 Å². The molecule has 2 N–H and O–H groups in total. The van der Waals surface area contributed by atoms with Crippen LogP contribution in [0.15, 0.2) is 16.6 Å². The zero-order chi connectivity index (χ0) is 17.2. The fraction of sp³-hybridized carbons (Fsp3) is 0.562. The average Bonchev–Trinajstić information content (AvgIpc) is 2.67. The standard InChI is InChI=1S/C16H23BrFN3O2/c1-16(2,3)23-15(22)21-6-4-5-20(7-8-21)14-10-12(18)11(17)9-13(14)19/h9-10H,4-8,19H2,1-3H3. The number of rotatable bonds is 1. The van der Waals surface area contributed by atoms with E-state index in [-0.39, 0.29) is 11.9 Å². The van der Waals surface area contributed by atoms with E-state index in [0.717, 1.165) is 6.42 Å². The van der Waals surface area contributed by atoms with Gasteiger partial charge in [0.15, 0.2) is 0 Å². The normalized spacial score (nSPS) is 16.2. The molecule has 1 aliphatic rings. The number of benzene rings is 1. The number of nitrogens with two attached hydrogens (primary N) is 1. The third-order valence-corrected chi connectivity index (χ3v) is 4.17. The van der Waals surface area contributed by atoms with Gasteiger partial charge in [-0.1, -0.05) is 0 Å². The van der Waals surface area contributed by atoms with Gasteiger partial charge in [0.2, 0.25) is 0 Å². The highest BCUT2D eigenvalue weighted by Gasteiger charge is 2.25. The summed E-state index contributed by atoms with van der Waals surface area (Å²) in [7, 11) is 0. The van der Waals surface area contributed by atoms with E-state index in [2.05, 4.69) is 15.9 Å². The number of anilines is 2. The van der Waals surface area contributed by atoms with E-state index in [1.54, 1.807) is 11.0 Å². The van der Waals surface area contributed by atoms with Crippen molar-refractivity contribution in [3.05, 3.63) is 22.4 Å². The number of hydrogen-bond donors (Lipinski definition) is 1. The molecule has 0 atom stereocenters. The van der Waals surface area contributed by atoms with Crippen LogP contribution in [0, 0.1) is 5.82 Å². The molecule has 0 spiro atoms. The van der Waals surface area contributed by atoms with Gasteiger partial charge >= 0.3 is 6.09 Å². The van der Waals surface area contributed by atoms with Gasteiger partial charge in [-0.05, 0) is 49.2 Å². The maximum atomic E-state index is 13.8. The number of carbonyl (C=O) groups excluding carboxylic acids is 1. The molecular weight excluding hydrogens is 365 g/mol. The van der Waals surface area contributed by atoms with Crippen LogP contribution in [-0.4, -0.2) is 42.8 Å². The summed E-state index contributed by atoms with van der Waals surface area (Å²) in [6.07, 6.45) is 0.463. The molecule has 0 radical (unpaired) electrons. The highest BCUT2D eigenvalue weighted by atomic mass is 79.9. The molecule has 1 fully saturated rings. The summed E-state index contributed by atoms with van der Waals surface area (Å²) >= 11 is 3.13. The number of halogens is 2. The topological polar surface area (TPSA) is 58.8 Å². The summed E-state index contributed by atoms with van der Waals surface area (Å²) in [5, 5.41) is 0. The molecule has 23 heavy (non-hydrogen) atoms. The summed E-state index contributed by atoms with van der Waals surface area (Å²) in [5.74, 6) is -0.345. The average molecular weight is 388 g/mol. The first-order valence-corrected chi connectivity index (χ1v) is 8.44. The Morgan fingerprint density at radius 2 is 1.96 bits per heavy atom. The van der Waals surface area contributed by atoms with E-state index in [9.17, 15) is 9.18 Å². The Labute approximate surface area is 144 Å². The lowest BCUT2D eigenvalue weighted by Gasteiger charge is -2.27. The first kappa shape index (κ1) is 17.8. The summed E-state index contributed by atoms with van der Waals surface area (Å²) in [4.78, 5) is 15.9. The van der Waals surface area contributed by atoms with Gasteiger partial charge < -0.3 is 20.3 Å². The van der Waals surface area contributed by atoms with Crippen molar-refractivity contribution >= 4 is 33.4 Å². The Kier molecular flexibility index (Phi) is 5.39. The van der Waals surface area contributed by atoms with Gasteiger partial charge in [0.05, 0.1) is 15.8 Å². The zero-order valence-corrected chi connectivity index (χ0v) is 15.3. The van der Waals surface area contributed by atoms with Crippen molar-refractivity contribution in [2.75, 3.05) is 36.8 Å². The van der Waals surface area contributed by atoms with Crippen LogP contribution in [0.25, 0.3) is 0 Å². The first-order valence-electron chi connectivity index (χ1n) is 7.65. The maximum Gasteiger partial charge on any atom is 0.410 e. The van der Waals surface area contributed by atoms with Gasteiger partial charge in [-0.3, -0.25) is 0 Å². The molecule has 128 valence electrons. The zero-order valence-electron chi connectivity index (χ0n) is 13.7.